The Morgan fingerprint density at radius 1 is 0.442 bits per heavy atom. The van der Waals surface area contributed by atoms with Crippen LogP contribution in [0, 0.1) is 5.92 Å². The number of amides is 11. The summed E-state index contributed by atoms with van der Waals surface area (Å²) in [6.45, 7) is 6.72. The van der Waals surface area contributed by atoms with E-state index < -0.39 is 132 Å². The van der Waals surface area contributed by atoms with Crippen molar-refractivity contribution in [2.24, 2.45) is 34.6 Å². The Labute approximate surface area is 503 Å². The van der Waals surface area contributed by atoms with Crippen molar-refractivity contribution < 1.29 is 68.1 Å². The van der Waals surface area contributed by atoms with Gasteiger partial charge in [0, 0.05) is 19.4 Å². The summed E-state index contributed by atoms with van der Waals surface area (Å²) in [6.07, 6.45) is 0.669. The third-order valence-corrected chi connectivity index (χ3v) is 14.1. The Hall–Kier alpha value is -7.09. The van der Waals surface area contributed by atoms with E-state index in [-0.39, 0.29) is 115 Å². The molecule has 12 unspecified atom stereocenters. The maximum atomic E-state index is 14.5. The molecule has 0 aromatic heterocycles. The van der Waals surface area contributed by atoms with Crippen molar-refractivity contribution in [3.63, 3.8) is 0 Å². The second-order valence-electron chi connectivity index (χ2n) is 22.0. The molecule has 0 spiro atoms. The molecule has 1 saturated heterocycles. The van der Waals surface area contributed by atoms with E-state index in [2.05, 4.69) is 65.4 Å². The number of nitrogens with one attached hydrogen (secondary N) is 11. The topological polar surface area (TPSA) is 511 Å². The molecule has 24 N–H and O–H groups in total. The van der Waals surface area contributed by atoms with Gasteiger partial charge in [0.15, 0.2) is 0 Å². The van der Waals surface area contributed by atoms with Crippen LogP contribution >= 0.6 is 0 Å². The van der Waals surface area contributed by atoms with Crippen LogP contribution in [-0.2, 0) is 59.2 Å². The van der Waals surface area contributed by atoms with E-state index in [1.807, 2.05) is 0 Å². The molecule has 1 aliphatic heterocycles. The number of phenols is 1. The van der Waals surface area contributed by atoms with Crippen molar-refractivity contribution in [1.82, 2.24) is 58.5 Å². The van der Waals surface area contributed by atoms with Crippen molar-refractivity contribution >= 4 is 65.0 Å². The van der Waals surface area contributed by atoms with Crippen LogP contribution < -0.4 is 87.2 Å². The molecule has 1 heterocycles. The molecule has 0 saturated carbocycles. The normalized spacial score (nSPS) is 24.9. The SMILES string of the molecule is CCCCCCCCC(=O)NCCC1NC(=O)C(CCN)NC(=O)C(C(C)O)NC(=O)C(CCN)NC(=O)C(C(C)O)NC(=O)C(CCN)NC(=O)C(CCN)NC(=O)C(Cc2ccc(O)cc2)NC(=O)C(CC(C)C)NC(=O)C(CCN)NC1=O. The van der Waals surface area contributed by atoms with Gasteiger partial charge in [-0.2, -0.15) is 0 Å². The molecule has 0 radical (unpaired) electrons. The van der Waals surface area contributed by atoms with Gasteiger partial charge in [0.05, 0.1) is 12.2 Å². The van der Waals surface area contributed by atoms with Gasteiger partial charge >= 0.3 is 0 Å². The Balaban J connectivity index is 2.84. The van der Waals surface area contributed by atoms with E-state index in [0.717, 1.165) is 46.0 Å². The van der Waals surface area contributed by atoms with Crippen LogP contribution in [0.25, 0.3) is 0 Å². The van der Waals surface area contributed by atoms with E-state index in [1.165, 1.54) is 24.3 Å². The van der Waals surface area contributed by atoms with Gasteiger partial charge in [0.25, 0.3) is 0 Å². The first-order valence-corrected chi connectivity index (χ1v) is 29.8. The zero-order chi connectivity index (χ0) is 64.5. The van der Waals surface area contributed by atoms with Gasteiger partial charge < -0.3 is 102 Å². The molecule has 30 nitrogen and oxygen atoms in total. The van der Waals surface area contributed by atoms with Gasteiger partial charge in [0.2, 0.25) is 65.0 Å². The smallest absolute Gasteiger partial charge is 0.245 e. The average Bonchev–Trinajstić information content (AvgIpc) is 2.96. The van der Waals surface area contributed by atoms with Crippen LogP contribution in [0.2, 0.25) is 0 Å². The molecule has 30 heteroatoms. The van der Waals surface area contributed by atoms with Gasteiger partial charge in [-0.15, -0.1) is 0 Å². The number of rotatable bonds is 26. The summed E-state index contributed by atoms with van der Waals surface area (Å²) in [5.41, 5.74) is 29.9. The van der Waals surface area contributed by atoms with Crippen LogP contribution in [0.1, 0.15) is 130 Å². The molecular weight excluding hydrogens is 1120 g/mol. The maximum absolute atomic E-state index is 14.5. The van der Waals surface area contributed by atoms with E-state index in [9.17, 15) is 68.1 Å². The summed E-state index contributed by atoms with van der Waals surface area (Å²) >= 11 is 0. The lowest BCUT2D eigenvalue weighted by molar-refractivity contribution is -0.138. The van der Waals surface area contributed by atoms with E-state index >= 15 is 0 Å². The number of benzene rings is 1. The minimum Gasteiger partial charge on any atom is -0.508 e. The van der Waals surface area contributed by atoms with Crippen LogP contribution in [0.15, 0.2) is 24.3 Å². The predicted molar refractivity (Wildman–Crippen MR) is 318 cm³/mol. The van der Waals surface area contributed by atoms with Crippen LogP contribution in [0.5, 0.6) is 5.75 Å². The highest BCUT2D eigenvalue weighted by Gasteiger charge is 2.38. The lowest BCUT2D eigenvalue weighted by Gasteiger charge is -2.30. The molecule has 86 heavy (non-hydrogen) atoms. The summed E-state index contributed by atoms with van der Waals surface area (Å²) in [4.78, 5) is 155. The first-order valence-electron chi connectivity index (χ1n) is 29.8. The number of nitrogens with two attached hydrogens (primary N) is 5. The number of aliphatic hydroxyl groups excluding tert-OH is 2. The molecule has 0 bridgehead atoms. The molecule has 1 aromatic carbocycles. The van der Waals surface area contributed by atoms with E-state index in [1.54, 1.807) is 13.8 Å². The minimum atomic E-state index is -1.82. The highest BCUT2D eigenvalue weighted by atomic mass is 16.3. The molecule has 486 valence electrons. The zero-order valence-corrected chi connectivity index (χ0v) is 50.4. The van der Waals surface area contributed by atoms with E-state index in [0.29, 0.717) is 12.0 Å². The Morgan fingerprint density at radius 2 is 0.756 bits per heavy atom. The number of unbranched alkanes of at least 4 members (excludes halogenated alkanes) is 5. The summed E-state index contributed by atoms with van der Waals surface area (Å²) in [5, 5.41) is 59.6. The number of hydrogen-bond acceptors (Lipinski definition) is 19. The van der Waals surface area contributed by atoms with Crippen molar-refractivity contribution in [2.75, 3.05) is 39.3 Å². The van der Waals surface area contributed by atoms with E-state index in [4.69, 9.17) is 28.7 Å². The molecule has 1 fully saturated rings. The van der Waals surface area contributed by atoms with Gasteiger partial charge in [0.1, 0.15) is 66.2 Å². The third kappa shape index (κ3) is 27.1. The summed E-state index contributed by atoms with van der Waals surface area (Å²) in [5.74, 6) is -10.7. The quantitative estimate of drug-likeness (QED) is 0.0385. The standard InChI is InChI=1S/C56H98N16O14/c1-6-7-8-9-10-11-12-44(76)62-28-22-41-50(80)63-37(18-24-58)49(79)69-42(29-31(2)3)53(83)70-43(30-34-13-15-35(75)16-14-34)54(84)65-36(17-23-57)47(77)64-39(20-26-60)51(81)71-46(33(5)74)56(86)68-40(21-27-61)52(82)72-45(32(4)73)55(85)67-38(19-25-59)48(78)66-41/h13-16,31-33,36-43,45-46,73-75H,6-12,17-30,57-61H2,1-5H3,(H,62,76)(H,63,80)(H,64,77)(H,65,84)(H,66,78)(H,67,85)(H,68,86)(H,69,79)(H,70,83)(H,71,81)(H,72,82). The molecule has 11 amide bonds. The zero-order valence-electron chi connectivity index (χ0n) is 50.4. The number of aliphatic hydroxyl groups is 2. The fourth-order valence-electron chi connectivity index (χ4n) is 9.21. The van der Waals surface area contributed by atoms with Crippen molar-refractivity contribution in [3.8, 4) is 5.75 Å². The van der Waals surface area contributed by atoms with Gasteiger partial charge in [-0.25, -0.2) is 0 Å². The van der Waals surface area contributed by atoms with Gasteiger partial charge in [-0.1, -0.05) is 65.0 Å². The fraction of sp³-hybridized carbons (Fsp3) is 0.696. The summed E-state index contributed by atoms with van der Waals surface area (Å²) < 4.78 is 0. The number of carbonyl (C=O) groups excluding carboxylic acids is 11. The Bertz CT molecular complexity index is 2350. The molecular formula is C56H98N16O14. The molecule has 0 aliphatic carbocycles. The molecule has 1 aliphatic rings. The van der Waals surface area contributed by atoms with Crippen LogP contribution in [0.3, 0.4) is 0 Å². The second-order valence-corrected chi connectivity index (χ2v) is 22.0. The lowest BCUT2D eigenvalue weighted by Crippen LogP contribution is -2.63. The highest BCUT2D eigenvalue weighted by molar-refractivity contribution is 6.00. The number of aromatic hydroxyl groups is 1. The Morgan fingerprint density at radius 3 is 1.13 bits per heavy atom. The number of phenolic OH excluding ortho intramolecular Hbond substituents is 1. The van der Waals surface area contributed by atoms with Crippen molar-refractivity contribution in [1.29, 1.82) is 0 Å². The number of carbonyl (C=O) groups is 11. The molecule has 2 rings (SSSR count). The van der Waals surface area contributed by atoms with Crippen molar-refractivity contribution in [2.45, 2.75) is 204 Å². The first-order chi connectivity index (χ1) is 40.8. The maximum Gasteiger partial charge on any atom is 0.245 e. The van der Waals surface area contributed by atoms with Crippen molar-refractivity contribution in [3.05, 3.63) is 29.8 Å². The third-order valence-electron chi connectivity index (χ3n) is 14.1. The van der Waals surface area contributed by atoms with Crippen LogP contribution in [0.4, 0.5) is 0 Å². The van der Waals surface area contributed by atoms with Gasteiger partial charge in [-0.05, 0) is 122 Å². The number of hydrogen-bond donors (Lipinski definition) is 19. The fourth-order valence-corrected chi connectivity index (χ4v) is 9.21. The monoisotopic (exact) mass is 1220 g/mol. The minimum absolute atomic E-state index is 0.0198. The molecule has 12 atom stereocenters. The summed E-state index contributed by atoms with van der Waals surface area (Å²) in [6, 6.07) is -9.97. The summed E-state index contributed by atoms with van der Waals surface area (Å²) in [7, 11) is 0. The average molecular weight is 1220 g/mol. The largest absolute Gasteiger partial charge is 0.508 e. The van der Waals surface area contributed by atoms with Crippen LogP contribution in [-0.4, -0.2) is 192 Å². The highest BCUT2D eigenvalue weighted by Crippen LogP contribution is 2.15. The Kier molecular flexibility index (Phi) is 35.2. The second kappa shape index (κ2) is 40.3. The predicted octanol–water partition coefficient (Wildman–Crippen LogP) is -5.40. The lowest BCUT2D eigenvalue weighted by atomic mass is 10.00. The van der Waals surface area contributed by atoms with Gasteiger partial charge in [-0.3, -0.25) is 52.7 Å². The first kappa shape index (κ1) is 75.0. The molecule has 1 aromatic rings.